The summed E-state index contributed by atoms with van der Waals surface area (Å²) in [7, 11) is 0. The molecule has 1 amide bonds. The van der Waals surface area contributed by atoms with Crippen LogP contribution < -0.4 is 10.1 Å². The Morgan fingerprint density at radius 3 is 2.60 bits per heavy atom. The number of amides is 1. The maximum Gasteiger partial charge on any atom is 0.327 e. The van der Waals surface area contributed by atoms with E-state index in [0.29, 0.717) is 18.1 Å². The molecule has 0 bridgehead atoms. The molecule has 0 radical (unpaired) electrons. The zero-order valence-electron chi connectivity index (χ0n) is 11.0. The molecule has 1 aromatic carbocycles. The molecule has 2 N–H and O–H groups in total. The van der Waals surface area contributed by atoms with E-state index in [1.54, 1.807) is 0 Å². The summed E-state index contributed by atoms with van der Waals surface area (Å²) < 4.78 is 6.49. The highest BCUT2D eigenvalue weighted by molar-refractivity contribution is 9.10. The number of rotatable bonds is 8. The standard InChI is InChI=1S/C13H16BrNO4S/c1-9(16)15-12(13(17)18)8-20-7-6-19-11-4-2-10(14)3-5-11/h2-5,12H,6-8H2,1H3,(H,15,16)(H,17,18)/t12-/m0/s1. The van der Waals surface area contributed by atoms with Crippen LogP contribution in [0.25, 0.3) is 0 Å². The summed E-state index contributed by atoms with van der Waals surface area (Å²) in [5.41, 5.74) is 0. The summed E-state index contributed by atoms with van der Waals surface area (Å²) in [5, 5.41) is 11.3. The van der Waals surface area contributed by atoms with E-state index in [0.717, 1.165) is 10.2 Å². The van der Waals surface area contributed by atoms with Crippen LogP contribution in [0.1, 0.15) is 6.92 Å². The molecule has 0 unspecified atom stereocenters. The lowest BCUT2D eigenvalue weighted by molar-refractivity contribution is -0.140. The summed E-state index contributed by atoms with van der Waals surface area (Å²) in [5.74, 6) is 0.369. The Labute approximate surface area is 130 Å². The van der Waals surface area contributed by atoms with Gasteiger partial charge in [0.25, 0.3) is 0 Å². The van der Waals surface area contributed by atoms with Gasteiger partial charge in [-0.3, -0.25) is 4.79 Å². The number of carboxylic acid groups (broad SMARTS) is 1. The van der Waals surface area contributed by atoms with Crippen molar-refractivity contribution in [3.05, 3.63) is 28.7 Å². The van der Waals surface area contributed by atoms with Crippen LogP contribution in [0.4, 0.5) is 0 Å². The molecule has 5 nitrogen and oxygen atoms in total. The van der Waals surface area contributed by atoms with Gasteiger partial charge in [-0.2, -0.15) is 11.8 Å². The third-order valence-electron chi connectivity index (χ3n) is 2.27. The van der Waals surface area contributed by atoms with Crippen LogP contribution in [-0.4, -0.2) is 41.1 Å². The first-order valence-corrected chi connectivity index (χ1v) is 7.90. The second kappa shape index (κ2) is 8.86. The first-order valence-electron chi connectivity index (χ1n) is 5.95. The van der Waals surface area contributed by atoms with Crippen molar-refractivity contribution in [1.29, 1.82) is 0 Å². The van der Waals surface area contributed by atoms with Gasteiger partial charge >= 0.3 is 5.97 Å². The lowest BCUT2D eigenvalue weighted by atomic mass is 10.3. The number of halogens is 1. The summed E-state index contributed by atoms with van der Waals surface area (Å²) in [4.78, 5) is 21.7. The predicted molar refractivity (Wildman–Crippen MR) is 82.2 cm³/mol. The number of nitrogens with one attached hydrogen (secondary N) is 1. The van der Waals surface area contributed by atoms with Crippen molar-refractivity contribution in [2.45, 2.75) is 13.0 Å². The molecule has 0 aliphatic rings. The smallest absolute Gasteiger partial charge is 0.327 e. The Kier molecular flexibility index (Phi) is 7.46. The van der Waals surface area contributed by atoms with E-state index in [-0.39, 0.29) is 5.91 Å². The fraction of sp³-hybridized carbons (Fsp3) is 0.385. The molecule has 1 atom stereocenters. The number of aliphatic carboxylic acids is 1. The maximum absolute atomic E-state index is 10.9. The van der Waals surface area contributed by atoms with E-state index >= 15 is 0 Å². The Morgan fingerprint density at radius 2 is 2.05 bits per heavy atom. The molecule has 0 saturated heterocycles. The Hall–Kier alpha value is -1.21. The van der Waals surface area contributed by atoms with Gasteiger partial charge in [-0.15, -0.1) is 0 Å². The molecule has 0 aliphatic heterocycles. The lowest BCUT2D eigenvalue weighted by Crippen LogP contribution is -2.41. The molecule has 0 heterocycles. The molecule has 0 aliphatic carbocycles. The summed E-state index contributed by atoms with van der Waals surface area (Å²) >= 11 is 4.76. The molecule has 0 saturated carbocycles. The van der Waals surface area contributed by atoms with Crippen molar-refractivity contribution in [2.24, 2.45) is 0 Å². The molecule has 20 heavy (non-hydrogen) atoms. The lowest BCUT2D eigenvalue weighted by Gasteiger charge is -2.12. The minimum atomic E-state index is -1.03. The van der Waals surface area contributed by atoms with Crippen LogP contribution in [0, 0.1) is 0 Å². The normalized spacial score (nSPS) is 11.7. The minimum absolute atomic E-state index is 0.318. The third-order valence-corrected chi connectivity index (χ3v) is 3.82. The summed E-state index contributed by atoms with van der Waals surface area (Å²) in [6, 6.07) is 6.63. The fourth-order valence-electron chi connectivity index (χ4n) is 1.37. The van der Waals surface area contributed by atoms with E-state index < -0.39 is 12.0 Å². The second-order valence-electron chi connectivity index (χ2n) is 3.97. The average Bonchev–Trinajstić information content (AvgIpc) is 2.38. The first kappa shape index (κ1) is 16.8. The van der Waals surface area contributed by atoms with Crippen molar-refractivity contribution < 1.29 is 19.4 Å². The fourth-order valence-corrected chi connectivity index (χ4v) is 2.46. The highest BCUT2D eigenvalue weighted by Crippen LogP contribution is 2.16. The van der Waals surface area contributed by atoms with E-state index in [9.17, 15) is 9.59 Å². The molecule has 0 fully saturated rings. The van der Waals surface area contributed by atoms with Crippen molar-refractivity contribution in [3.8, 4) is 5.75 Å². The predicted octanol–water partition coefficient (Wildman–Crippen LogP) is 2.15. The highest BCUT2D eigenvalue weighted by Gasteiger charge is 2.17. The Balaban J connectivity index is 2.21. The van der Waals surface area contributed by atoms with E-state index in [2.05, 4.69) is 21.2 Å². The van der Waals surface area contributed by atoms with Gasteiger partial charge in [-0.05, 0) is 24.3 Å². The van der Waals surface area contributed by atoms with Gasteiger partial charge in [0.05, 0.1) is 6.61 Å². The van der Waals surface area contributed by atoms with Crippen LogP contribution in [0.5, 0.6) is 5.75 Å². The van der Waals surface area contributed by atoms with Crippen LogP contribution in [0.2, 0.25) is 0 Å². The molecule has 0 spiro atoms. The number of thioether (sulfide) groups is 1. The zero-order chi connectivity index (χ0) is 15.0. The average molecular weight is 362 g/mol. The topological polar surface area (TPSA) is 75.6 Å². The SMILES string of the molecule is CC(=O)N[C@@H](CSCCOc1ccc(Br)cc1)C(=O)O. The van der Waals surface area contributed by atoms with E-state index in [4.69, 9.17) is 9.84 Å². The van der Waals surface area contributed by atoms with Crippen LogP contribution >= 0.6 is 27.7 Å². The minimum Gasteiger partial charge on any atom is -0.493 e. The number of carbonyl (C=O) groups excluding carboxylic acids is 1. The summed E-state index contributed by atoms with van der Waals surface area (Å²) in [6.07, 6.45) is 0. The number of ether oxygens (including phenoxy) is 1. The third kappa shape index (κ3) is 6.81. The van der Waals surface area contributed by atoms with Crippen LogP contribution in [-0.2, 0) is 9.59 Å². The van der Waals surface area contributed by atoms with Crippen molar-refractivity contribution >= 4 is 39.6 Å². The molecule has 0 aromatic heterocycles. The molecular formula is C13H16BrNO4S. The van der Waals surface area contributed by atoms with Gasteiger partial charge in [0.2, 0.25) is 5.91 Å². The monoisotopic (exact) mass is 361 g/mol. The molecule has 1 aromatic rings. The quantitative estimate of drug-likeness (QED) is 0.693. The number of hydrogen-bond donors (Lipinski definition) is 2. The van der Waals surface area contributed by atoms with Crippen LogP contribution in [0.15, 0.2) is 28.7 Å². The number of carboxylic acids is 1. The van der Waals surface area contributed by atoms with E-state index in [1.807, 2.05) is 24.3 Å². The van der Waals surface area contributed by atoms with Crippen molar-refractivity contribution in [2.75, 3.05) is 18.1 Å². The van der Waals surface area contributed by atoms with E-state index in [1.165, 1.54) is 18.7 Å². The van der Waals surface area contributed by atoms with Gasteiger partial charge in [0, 0.05) is 22.9 Å². The zero-order valence-corrected chi connectivity index (χ0v) is 13.4. The van der Waals surface area contributed by atoms with Gasteiger partial charge < -0.3 is 15.2 Å². The van der Waals surface area contributed by atoms with Crippen molar-refractivity contribution in [1.82, 2.24) is 5.32 Å². The summed E-state index contributed by atoms with van der Waals surface area (Å²) in [6.45, 7) is 1.79. The van der Waals surface area contributed by atoms with Crippen molar-refractivity contribution in [3.63, 3.8) is 0 Å². The number of hydrogen-bond acceptors (Lipinski definition) is 4. The van der Waals surface area contributed by atoms with Gasteiger partial charge in [-0.25, -0.2) is 4.79 Å². The van der Waals surface area contributed by atoms with Gasteiger partial charge in [0.1, 0.15) is 11.8 Å². The first-order chi connectivity index (χ1) is 9.49. The number of benzene rings is 1. The largest absolute Gasteiger partial charge is 0.493 e. The molecule has 7 heteroatoms. The molecular weight excluding hydrogens is 346 g/mol. The second-order valence-corrected chi connectivity index (χ2v) is 6.03. The molecule has 1 rings (SSSR count). The Morgan fingerprint density at radius 1 is 1.40 bits per heavy atom. The molecule has 110 valence electrons. The maximum atomic E-state index is 10.9. The Bertz CT molecular complexity index is 452. The van der Waals surface area contributed by atoms with Gasteiger partial charge in [-0.1, -0.05) is 15.9 Å². The van der Waals surface area contributed by atoms with Gasteiger partial charge in [0.15, 0.2) is 0 Å². The van der Waals surface area contributed by atoms with Crippen LogP contribution in [0.3, 0.4) is 0 Å². The number of carbonyl (C=O) groups is 2. The highest BCUT2D eigenvalue weighted by atomic mass is 79.9.